The molecule has 11 aromatic rings. The molecular weight excluding hydrogens is 695 g/mol. The average molecular weight is 728 g/mol. The van der Waals surface area contributed by atoms with Crippen LogP contribution in [0, 0.1) is 0 Å². The molecule has 0 aliphatic rings. The van der Waals surface area contributed by atoms with Gasteiger partial charge in [0.15, 0.2) is 17.5 Å². The lowest BCUT2D eigenvalue weighted by Crippen LogP contribution is -2.01. The van der Waals surface area contributed by atoms with Crippen LogP contribution in [0.5, 0.6) is 0 Å². The molecule has 0 fully saturated rings. The van der Waals surface area contributed by atoms with Crippen molar-refractivity contribution in [2.24, 2.45) is 0 Å². The molecule has 0 spiro atoms. The molecule has 2 heterocycles. The van der Waals surface area contributed by atoms with Gasteiger partial charge in [-0.3, -0.25) is 0 Å². The molecule has 0 saturated carbocycles. The summed E-state index contributed by atoms with van der Waals surface area (Å²) in [6, 6.07) is 69.8. The quantitative estimate of drug-likeness (QED) is 0.171. The Labute approximate surface area is 329 Å². The van der Waals surface area contributed by atoms with Gasteiger partial charge in [0.25, 0.3) is 0 Å². The fourth-order valence-electron chi connectivity index (χ4n) is 8.13. The summed E-state index contributed by atoms with van der Waals surface area (Å²) in [5.41, 5.74) is 11.0. The minimum Gasteiger partial charge on any atom is -0.455 e. The van der Waals surface area contributed by atoms with Gasteiger partial charge in [0.1, 0.15) is 11.2 Å². The lowest BCUT2D eigenvalue weighted by atomic mass is 9.94. The summed E-state index contributed by atoms with van der Waals surface area (Å²) < 4.78 is 6.96. The zero-order valence-electron chi connectivity index (χ0n) is 30.8. The second-order valence-electron chi connectivity index (χ2n) is 14.4. The first-order valence-electron chi connectivity index (χ1n) is 19.2. The average Bonchev–Trinajstić information content (AvgIpc) is 3.68. The third-order valence-electron chi connectivity index (χ3n) is 10.9. The smallest absolute Gasteiger partial charge is 0.167 e. The van der Waals surface area contributed by atoms with Gasteiger partial charge in [-0.1, -0.05) is 182 Å². The van der Waals surface area contributed by atoms with Crippen LogP contribution in [0.15, 0.2) is 205 Å². The number of benzene rings is 9. The van der Waals surface area contributed by atoms with Gasteiger partial charge >= 0.3 is 0 Å². The molecule has 9 aromatic carbocycles. The van der Waals surface area contributed by atoms with Crippen molar-refractivity contribution in [3.05, 3.63) is 200 Å². The highest BCUT2D eigenvalue weighted by atomic mass is 16.3. The van der Waals surface area contributed by atoms with Crippen molar-refractivity contribution in [1.82, 2.24) is 15.0 Å². The maximum Gasteiger partial charge on any atom is 0.167 e. The molecule has 4 heteroatoms. The molecule has 0 atom stereocenters. The van der Waals surface area contributed by atoms with Gasteiger partial charge in [-0.05, 0) is 67.7 Å². The molecule has 0 amide bonds. The second-order valence-corrected chi connectivity index (χ2v) is 14.4. The number of hydrogen-bond donors (Lipinski definition) is 0. The van der Waals surface area contributed by atoms with E-state index in [4.69, 9.17) is 19.4 Å². The van der Waals surface area contributed by atoms with E-state index >= 15 is 0 Å². The minimum absolute atomic E-state index is 0.550. The van der Waals surface area contributed by atoms with Crippen LogP contribution < -0.4 is 0 Å². The van der Waals surface area contributed by atoms with Crippen LogP contribution in [0.1, 0.15) is 0 Å². The molecule has 4 nitrogen and oxygen atoms in total. The lowest BCUT2D eigenvalue weighted by molar-refractivity contribution is 0.673. The molecule has 0 aliphatic heterocycles. The number of hydrogen-bond acceptors (Lipinski definition) is 4. The maximum absolute atomic E-state index is 6.96. The summed E-state index contributed by atoms with van der Waals surface area (Å²) in [7, 11) is 0. The summed E-state index contributed by atoms with van der Waals surface area (Å²) >= 11 is 0. The Morgan fingerprint density at radius 3 is 1.58 bits per heavy atom. The Kier molecular flexibility index (Phi) is 7.78. The van der Waals surface area contributed by atoms with E-state index in [0.29, 0.717) is 17.5 Å². The number of nitrogens with zero attached hydrogens (tertiary/aromatic N) is 3. The number of para-hydroxylation sites is 1. The largest absolute Gasteiger partial charge is 0.455 e. The first-order chi connectivity index (χ1) is 28.2. The van der Waals surface area contributed by atoms with Crippen LogP contribution in [-0.4, -0.2) is 15.0 Å². The molecule has 0 unspecified atom stereocenters. The molecule has 0 aliphatic carbocycles. The Hall–Kier alpha value is -7.69. The first-order valence-corrected chi connectivity index (χ1v) is 19.2. The standard InChI is InChI=1S/C53H33N3O/c1-3-14-34(15-4-1)36-26-29-38(30-27-36)51-54-52(45-23-12-9-20-41(45)37-17-5-2-6-18-37)56-53(55-51)46-25-13-24-44-48-33-47(40-31-28-35-16-7-8-19-39(35)32-40)42-21-10-11-22-43(42)50(48)57-49(44)46/h1-33H. The first kappa shape index (κ1) is 32.7. The van der Waals surface area contributed by atoms with E-state index in [0.717, 1.165) is 77.2 Å². The van der Waals surface area contributed by atoms with Gasteiger partial charge in [-0.25, -0.2) is 15.0 Å². The highest BCUT2D eigenvalue weighted by Crippen LogP contribution is 2.43. The molecule has 11 rings (SSSR count). The van der Waals surface area contributed by atoms with E-state index in [-0.39, 0.29) is 0 Å². The van der Waals surface area contributed by atoms with Gasteiger partial charge in [-0.2, -0.15) is 0 Å². The summed E-state index contributed by atoms with van der Waals surface area (Å²) in [4.78, 5) is 15.6. The predicted octanol–water partition coefficient (Wildman–Crippen LogP) is 14.1. The molecular formula is C53H33N3O. The second kappa shape index (κ2) is 13.6. The highest BCUT2D eigenvalue weighted by Gasteiger charge is 2.21. The van der Waals surface area contributed by atoms with Crippen molar-refractivity contribution in [2.45, 2.75) is 0 Å². The van der Waals surface area contributed by atoms with E-state index in [9.17, 15) is 0 Å². The summed E-state index contributed by atoms with van der Waals surface area (Å²) in [5.74, 6) is 1.74. The monoisotopic (exact) mass is 727 g/mol. The topological polar surface area (TPSA) is 51.8 Å². The lowest BCUT2D eigenvalue weighted by Gasteiger charge is -2.12. The van der Waals surface area contributed by atoms with Crippen LogP contribution in [0.2, 0.25) is 0 Å². The number of fused-ring (bicyclic) bond motifs is 6. The molecule has 0 radical (unpaired) electrons. The highest BCUT2D eigenvalue weighted by molar-refractivity contribution is 6.20. The van der Waals surface area contributed by atoms with Crippen molar-refractivity contribution in [2.75, 3.05) is 0 Å². The van der Waals surface area contributed by atoms with Gasteiger partial charge in [0.2, 0.25) is 0 Å². The number of rotatable bonds is 6. The fraction of sp³-hybridized carbons (Fsp3) is 0. The SMILES string of the molecule is c1ccc(-c2ccc(-c3nc(-c4ccccc4-c4ccccc4)nc(-c4cccc5c4oc4c6ccccc6c(-c6ccc7ccccc7c6)cc54)n3)cc2)cc1. The van der Waals surface area contributed by atoms with Crippen LogP contribution >= 0.6 is 0 Å². The maximum atomic E-state index is 6.96. The minimum atomic E-state index is 0.550. The van der Waals surface area contributed by atoms with Crippen molar-refractivity contribution in [3.8, 4) is 67.5 Å². The normalized spacial score (nSPS) is 11.5. The molecule has 266 valence electrons. The number of furan rings is 1. The van der Waals surface area contributed by atoms with E-state index in [2.05, 4.69) is 182 Å². The molecule has 2 aromatic heterocycles. The third-order valence-corrected chi connectivity index (χ3v) is 10.9. The summed E-state index contributed by atoms with van der Waals surface area (Å²) in [6.45, 7) is 0. The van der Waals surface area contributed by atoms with Crippen molar-refractivity contribution in [1.29, 1.82) is 0 Å². The van der Waals surface area contributed by atoms with Crippen LogP contribution in [0.25, 0.3) is 111 Å². The Bertz CT molecular complexity index is 3280. The summed E-state index contributed by atoms with van der Waals surface area (Å²) in [6.07, 6.45) is 0. The number of aromatic nitrogens is 3. The molecule has 0 N–H and O–H groups in total. The van der Waals surface area contributed by atoms with Crippen LogP contribution in [0.4, 0.5) is 0 Å². The van der Waals surface area contributed by atoms with E-state index in [1.807, 2.05) is 18.2 Å². The Balaban J connectivity index is 1.13. The zero-order chi connectivity index (χ0) is 37.7. The van der Waals surface area contributed by atoms with Gasteiger partial charge in [0, 0.05) is 27.3 Å². The summed E-state index contributed by atoms with van der Waals surface area (Å²) in [5, 5.41) is 6.70. The molecule has 57 heavy (non-hydrogen) atoms. The van der Waals surface area contributed by atoms with Crippen molar-refractivity contribution < 1.29 is 4.42 Å². The zero-order valence-corrected chi connectivity index (χ0v) is 30.8. The van der Waals surface area contributed by atoms with Crippen molar-refractivity contribution in [3.63, 3.8) is 0 Å². The van der Waals surface area contributed by atoms with Gasteiger partial charge in [-0.15, -0.1) is 0 Å². The predicted molar refractivity (Wildman–Crippen MR) is 235 cm³/mol. The molecule has 0 bridgehead atoms. The van der Waals surface area contributed by atoms with E-state index in [1.165, 1.54) is 16.3 Å². The fourth-order valence-corrected chi connectivity index (χ4v) is 8.13. The van der Waals surface area contributed by atoms with Gasteiger partial charge in [0.05, 0.1) is 5.56 Å². The van der Waals surface area contributed by atoms with Crippen LogP contribution in [-0.2, 0) is 0 Å². The van der Waals surface area contributed by atoms with E-state index in [1.54, 1.807) is 0 Å². The Morgan fingerprint density at radius 2 is 0.789 bits per heavy atom. The third kappa shape index (κ3) is 5.74. The molecule has 0 saturated heterocycles. The van der Waals surface area contributed by atoms with E-state index < -0.39 is 0 Å². The van der Waals surface area contributed by atoms with Gasteiger partial charge < -0.3 is 4.42 Å². The van der Waals surface area contributed by atoms with Crippen molar-refractivity contribution >= 4 is 43.5 Å². The van der Waals surface area contributed by atoms with Crippen LogP contribution in [0.3, 0.4) is 0 Å². The Morgan fingerprint density at radius 1 is 0.263 bits per heavy atom.